The molecule has 6 heteroatoms. The van der Waals surface area contributed by atoms with Gasteiger partial charge >= 0.3 is 0 Å². The third kappa shape index (κ3) is 2.45. The van der Waals surface area contributed by atoms with Crippen molar-refractivity contribution in [2.75, 3.05) is 18.0 Å². The summed E-state index contributed by atoms with van der Waals surface area (Å²) in [5, 5.41) is 4.31. The molecule has 0 spiro atoms. The molecule has 1 saturated heterocycles. The van der Waals surface area contributed by atoms with Gasteiger partial charge in [0, 0.05) is 38.2 Å². The molecule has 0 unspecified atom stereocenters. The minimum absolute atomic E-state index is 0.693. The number of nitrogens with zero attached hydrogens (tertiary/aromatic N) is 5. The largest absolute Gasteiger partial charge is 0.357 e. The Balaban J connectivity index is 1.49. The van der Waals surface area contributed by atoms with Gasteiger partial charge in [-0.3, -0.25) is 4.68 Å². The topological polar surface area (TPSA) is 62.6 Å². The fourth-order valence-corrected chi connectivity index (χ4v) is 3.27. The molecule has 0 aliphatic carbocycles. The van der Waals surface area contributed by atoms with Crippen molar-refractivity contribution in [2.24, 2.45) is 5.92 Å². The number of hydrogen-bond donors (Lipinski definition) is 1. The molecule has 1 aliphatic heterocycles. The zero-order valence-corrected chi connectivity index (χ0v) is 12.7. The molecule has 0 radical (unpaired) electrons. The second-order valence-electron chi connectivity index (χ2n) is 5.99. The maximum absolute atomic E-state index is 4.66. The van der Waals surface area contributed by atoms with E-state index in [2.05, 4.69) is 25.0 Å². The van der Waals surface area contributed by atoms with Crippen LogP contribution in [0.4, 0.5) is 5.82 Å². The Morgan fingerprint density at radius 1 is 1.27 bits per heavy atom. The molecule has 4 rings (SSSR count). The van der Waals surface area contributed by atoms with Crippen molar-refractivity contribution in [3.8, 4) is 0 Å². The summed E-state index contributed by atoms with van der Waals surface area (Å²) >= 11 is 0. The molecule has 4 heterocycles. The van der Waals surface area contributed by atoms with Crippen molar-refractivity contribution in [2.45, 2.75) is 26.3 Å². The van der Waals surface area contributed by atoms with Crippen LogP contribution in [0.5, 0.6) is 0 Å². The van der Waals surface area contributed by atoms with Gasteiger partial charge < -0.3 is 9.88 Å². The number of aromatic amines is 1. The van der Waals surface area contributed by atoms with Crippen LogP contribution in [-0.2, 0) is 6.54 Å². The Morgan fingerprint density at radius 2 is 2.14 bits per heavy atom. The van der Waals surface area contributed by atoms with Crippen molar-refractivity contribution in [3.05, 3.63) is 36.5 Å². The highest BCUT2D eigenvalue weighted by Gasteiger charge is 2.22. The zero-order chi connectivity index (χ0) is 14.9. The van der Waals surface area contributed by atoms with Crippen LogP contribution in [0.25, 0.3) is 11.0 Å². The van der Waals surface area contributed by atoms with Crippen LogP contribution in [0.1, 0.15) is 18.7 Å². The van der Waals surface area contributed by atoms with Crippen LogP contribution in [0.15, 0.2) is 30.7 Å². The van der Waals surface area contributed by atoms with E-state index in [1.807, 2.05) is 42.3 Å². The highest BCUT2D eigenvalue weighted by Crippen LogP contribution is 2.27. The van der Waals surface area contributed by atoms with Crippen molar-refractivity contribution in [1.82, 2.24) is 24.7 Å². The summed E-state index contributed by atoms with van der Waals surface area (Å²) in [7, 11) is 0. The maximum atomic E-state index is 4.66. The standard InChI is InChI=1S/C16H20N6/c1-12-19-14-3-7-17-15(14)16(20-12)21-9-4-13(5-10-21)11-22-8-2-6-18-22/h2-3,6-8,13,17H,4-5,9-11H2,1H3. The lowest BCUT2D eigenvalue weighted by atomic mass is 9.97. The van der Waals surface area contributed by atoms with Crippen molar-refractivity contribution in [3.63, 3.8) is 0 Å². The van der Waals surface area contributed by atoms with Gasteiger partial charge in [-0.25, -0.2) is 9.97 Å². The van der Waals surface area contributed by atoms with Gasteiger partial charge in [0.05, 0.1) is 5.52 Å². The number of fused-ring (bicyclic) bond motifs is 1. The number of piperidine rings is 1. The average molecular weight is 296 g/mol. The molecule has 0 aromatic carbocycles. The molecular formula is C16H20N6. The van der Waals surface area contributed by atoms with Gasteiger partial charge in [0.2, 0.25) is 0 Å². The van der Waals surface area contributed by atoms with E-state index in [4.69, 9.17) is 0 Å². The Bertz CT molecular complexity index is 752. The summed E-state index contributed by atoms with van der Waals surface area (Å²) < 4.78 is 2.04. The number of anilines is 1. The lowest BCUT2D eigenvalue weighted by Gasteiger charge is -2.33. The first-order chi connectivity index (χ1) is 10.8. The monoisotopic (exact) mass is 296 g/mol. The van der Waals surface area contributed by atoms with Crippen LogP contribution < -0.4 is 4.90 Å². The number of aryl methyl sites for hydroxylation is 1. The van der Waals surface area contributed by atoms with Gasteiger partial charge in [0.25, 0.3) is 0 Å². The van der Waals surface area contributed by atoms with Crippen LogP contribution in [0.3, 0.4) is 0 Å². The molecule has 0 atom stereocenters. The molecule has 6 nitrogen and oxygen atoms in total. The van der Waals surface area contributed by atoms with Gasteiger partial charge in [-0.15, -0.1) is 0 Å². The molecule has 0 saturated carbocycles. The number of aromatic nitrogens is 5. The zero-order valence-electron chi connectivity index (χ0n) is 12.7. The van der Waals surface area contributed by atoms with Crippen LogP contribution in [0.2, 0.25) is 0 Å². The number of nitrogens with one attached hydrogen (secondary N) is 1. The molecule has 0 amide bonds. The first-order valence-electron chi connectivity index (χ1n) is 7.84. The Hall–Kier alpha value is -2.37. The lowest BCUT2D eigenvalue weighted by Crippen LogP contribution is -2.36. The van der Waals surface area contributed by atoms with E-state index in [1.54, 1.807) is 0 Å². The first-order valence-corrected chi connectivity index (χ1v) is 7.84. The first kappa shape index (κ1) is 13.3. The molecule has 1 fully saturated rings. The summed E-state index contributed by atoms with van der Waals surface area (Å²) in [6.07, 6.45) is 8.17. The summed E-state index contributed by atoms with van der Waals surface area (Å²) in [4.78, 5) is 14.8. The minimum Gasteiger partial charge on any atom is -0.357 e. The smallest absolute Gasteiger partial charge is 0.156 e. The van der Waals surface area contributed by atoms with E-state index in [0.717, 1.165) is 42.3 Å². The highest BCUT2D eigenvalue weighted by atomic mass is 15.3. The van der Waals surface area contributed by atoms with E-state index in [1.165, 1.54) is 12.8 Å². The minimum atomic E-state index is 0.693. The summed E-state index contributed by atoms with van der Waals surface area (Å²) in [5.74, 6) is 2.57. The van der Waals surface area contributed by atoms with Gasteiger partial charge in [-0.05, 0) is 37.8 Å². The molecular weight excluding hydrogens is 276 g/mol. The number of H-pyrrole nitrogens is 1. The van der Waals surface area contributed by atoms with Crippen LogP contribution in [0, 0.1) is 12.8 Å². The highest BCUT2D eigenvalue weighted by molar-refractivity contribution is 5.86. The Morgan fingerprint density at radius 3 is 2.91 bits per heavy atom. The predicted octanol–water partition coefficient (Wildman–Crippen LogP) is 2.38. The third-order valence-corrected chi connectivity index (χ3v) is 4.42. The van der Waals surface area contributed by atoms with Crippen molar-refractivity contribution < 1.29 is 0 Å². The van der Waals surface area contributed by atoms with Gasteiger partial charge in [0.15, 0.2) is 5.82 Å². The van der Waals surface area contributed by atoms with Gasteiger partial charge in [0.1, 0.15) is 11.3 Å². The SMILES string of the molecule is Cc1nc(N2CCC(Cn3cccn3)CC2)c2[nH]ccc2n1. The maximum Gasteiger partial charge on any atom is 0.156 e. The second-order valence-corrected chi connectivity index (χ2v) is 5.99. The van der Waals surface area contributed by atoms with Gasteiger partial charge in [-0.1, -0.05) is 0 Å². The molecule has 3 aromatic rings. The Kier molecular flexibility index (Phi) is 3.29. The van der Waals surface area contributed by atoms with E-state index in [-0.39, 0.29) is 0 Å². The summed E-state index contributed by atoms with van der Waals surface area (Å²) in [6, 6.07) is 4.00. The van der Waals surface area contributed by atoms with E-state index < -0.39 is 0 Å². The molecule has 0 bridgehead atoms. The molecule has 3 aromatic heterocycles. The normalized spacial score (nSPS) is 16.5. The average Bonchev–Trinajstić information content (AvgIpc) is 3.18. The number of rotatable bonds is 3. The Labute approximate surface area is 129 Å². The van der Waals surface area contributed by atoms with Crippen molar-refractivity contribution >= 4 is 16.9 Å². The molecule has 1 aliphatic rings. The number of hydrogen-bond acceptors (Lipinski definition) is 4. The van der Waals surface area contributed by atoms with Crippen molar-refractivity contribution in [1.29, 1.82) is 0 Å². The van der Waals surface area contributed by atoms with E-state index in [9.17, 15) is 0 Å². The molecule has 114 valence electrons. The van der Waals surface area contributed by atoms with E-state index in [0.29, 0.717) is 5.92 Å². The van der Waals surface area contributed by atoms with Crippen LogP contribution >= 0.6 is 0 Å². The lowest BCUT2D eigenvalue weighted by molar-refractivity contribution is 0.342. The fraction of sp³-hybridized carbons (Fsp3) is 0.438. The second kappa shape index (κ2) is 5.44. The predicted molar refractivity (Wildman–Crippen MR) is 85.8 cm³/mol. The summed E-state index contributed by atoms with van der Waals surface area (Å²) in [5.41, 5.74) is 2.05. The van der Waals surface area contributed by atoms with Gasteiger partial charge in [-0.2, -0.15) is 5.10 Å². The quantitative estimate of drug-likeness (QED) is 0.806. The van der Waals surface area contributed by atoms with Crippen LogP contribution in [-0.4, -0.2) is 37.8 Å². The summed E-state index contributed by atoms with van der Waals surface area (Å²) in [6.45, 7) is 5.05. The third-order valence-electron chi connectivity index (χ3n) is 4.42. The molecule has 1 N–H and O–H groups in total. The fourth-order valence-electron chi connectivity index (χ4n) is 3.27. The van der Waals surface area contributed by atoms with E-state index >= 15 is 0 Å². The molecule has 22 heavy (non-hydrogen) atoms.